The largest absolute Gasteiger partial charge is 0.495 e. The van der Waals surface area contributed by atoms with Gasteiger partial charge in [-0.25, -0.2) is 14.4 Å². The fraction of sp³-hybridized carbons (Fsp3) is 0.605. The van der Waals surface area contributed by atoms with Crippen LogP contribution in [0, 0.1) is 23.1 Å². The summed E-state index contributed by atoms with van der Waals surface area (Å²) in [7, 11) is 1.50. The first-order valence-electron chi connectivity index (χ1n) is 18.8. The third kappa shape index (κ3) is 7.13. The average Bonchev–Trinajstić information content (AvgIpc) is 3.82. The number of carbonyl (C=O) groups excluding carboxylic acids is 1. The Bertz CT molecular complexity index is 1750. The number of imidazole rings is 1. The van der Waals surface area contributed by atoms with Gasteiger partial charge in [-0.2, -0.15) is 10.2 Å². The SMILES string of the molecule is CC[C@@H]1c2c(C#N)ncn2-c2cnc(Nc3cc(F)c(C(=O)NC4CCC(N5CCN(CC(C)C)CC5)CC4)cc3OC)nc2N1C1CCCC1. The molecule has 3 aromatic rings. The second-order valence-electron chi connectivity index (χ2n) is 15.0. The first-order chi connectivity index (χ1) is 24.8. The molecule has 2 aliphatic carbocycles. The topological polar surface area (TPSA) is 127 Å². The maximum absolute atomic E-state index is 15.7. The van der Waals surface area contributed by atoms with Gasteiger partial charge < -0.3 is 25.2 Å². The Morgan fingerprint density at radius 1 is 1.06 bits per heavy atom. The van der Waals surface area contributed by atoms with Crippen LogP contribution >= 0.6 is 0 Å². The van der Waals surface area contributed by atoms with E-state index in [1.165, 1.54) is 19.2 Å². The number of nitrogens with zero attached hydrogens (tertiary/aromatic N) is 8. The number of halogens is 1. The van der Waals surface area contributed by atoms with Gasteiger partial charge in [0.25, 0.3) is 5.91 Å². The second-order valence-corrected chi connectivity index (χ2v) is 15.0. The quantitative estimate of drug-likeness (QED) is 0.262. The predicted molar refractivity (Wildman–Crippen MR) is 194 cm³/mol. The number of piperazine rings is 1. The van der Waals surface area contributed by atoms with Gasteiger partial charge in [0.2, 0.25) is 5.95 Å². The smallest absolute Gasteiger partial charge is 0.254 e. The molecule has 272 valence electrons. The van der Waals surface area contributed by atoms with Crippen LogP contribution in [0.25, 0.3) is 5.69 Å². The summed E-state index contributed by atoms with van der Waals surface area (Å²) in [6.07, 6.45) is 12.4. The molecule has 2 N–H and O–H groups in total. The van der Waals surface area contributed by atoms with Crippen LogP contribution in [0.2, 0.25) is 0 Å². The number of nitrogens with one attached hydrogen (secondary N) is 2. The number of fused-ring (bicyclic) bond motifs is 3. The molecular weight excluding hydrogens is 647 g/mol. The summed E-state index contributed by atoms with van der Waals surface area (Å²) < 4.78 is 23.2. The fourth-order valence-electron chi connectivity index (χ4n) is 8.81. The summed E-state index contributed by atoms with van der Waals surface area (Å²) >= 11 is 0. The fourth-order valence-corrected chi connectivity index (χ4v) is 8.81. The summed E-state index contributed by atoms with van der Waals surface area (Å²) in [4.78, 5) is 34.8. The van der Waals surface area contributed by atoms with E-state index in [0.717, 1.165) is 108 Å². The maximum Gasteiger partial charge on any atom is 0.254 e. The molecule has 4 heterocycles. The molecule has 1 saturated heterocycles. The van der Waals surface area contributed by atoms with E-state index >= 15 is 4.39 Å². The van der Waals surface area contributed by atoms with Crippen molar-refractivity contribution in [1.82, 2.24) is 34.6 Å². The molecule has 2 aliphatic heterocycles. The molecule has 1 amide bonds. The standard InChI is InChI=1S/C38H51FN10O2/c1-5-32-35-31(20-40)42-23-48(35)33-21-41-38(45-36(33)49(32)27-8-6-7-9-27)44-30-19-29(39)28(18-34(30)51-4)37(50)43-25-10-12-26(13-11-25)47-16-14-46(15-17-47)22-24(2)3/h18-19,21,23-27,32H,5-17,22H2,1-4H3,(H,43,50)(H,41,44,45)/t25?,26?,32-/m1/s1. The molecule has 4 aliphatic rings. The van der Waals surface area contributed by atoms with Crippen LogP contribution in [0.5, 0.6) is 5.75 Å². The van der Waals surface area contributed by atoms with E-state index in [9.17, 15) is 10.1 Å². The molecule has 3 fully saturated rings. The number of amides is 1. The molecule has 0 unspecified atom stereocenters. The maximum atomic E-state index is 15.7. The minimum absolute atomic E-state index is 0.0121. The van der Waals surface area contributed by atoms with Crippen LogP contribution in [0.1, 0.15) is 106 Å². The van der Waals surface area contributed by atoms with Gasteiger partial charge in [0.05, 0.1) is 36.3 Å². The zero-order chi connectivity index (χ0) is 35.6. The van der Waals surface area contributed by atoms with E-state index in [-0.39, 0.29) is 29.6 Å². The van der Waals surface area contributed by atoms with Crippen molar-refractivity contribution in [3.8, 4) is 17.5 Å². The van der Waals surface area contributed by atoms with E-state index in [4.69, 9.17) is 9.72 Å². The van der Waals surface area contributed by atoms with Gasteiger partial charge in [-0.3, -0.25) is 14.3 Å². The van der Waals surface area contributed by atoms with Gasteiger partial charge in [0, 0.05) is 56.9 Å². The number of benzene rings is 1. The molecule has 51 heavy (non-hydrogen) atoms. The Kier molecular flexibility index (Phi) is 10.4. The summed E-state index contributed by atoms with van der Waals surface area (Å²) in [5, 5.41) is 16.1. The molecule has 1 aromatic carbocycles. The number of ether oxygens (including phenoxy) is 1. The summed E-state index contributed by atoms with van der Waals surface area (Å²) in [5.41, 5.74) is 2.31. The van der Waals surface area contributed by atoms with Gasteiger partial charge in [0.1, 0.15) is 29.7 Å². The predicted octanol–water partition coefficient (Wildman–Crippen LogP) is 5.95. The number of hydrogen-bond donors (Lipinski definition) is 2. The Hall–Kier alpha value is -4.28. The molecule has 2 saturated carbocycles. The van der Waals surface area contributed by atoms with Gasteiger partial charge in [-0.1, -0.05) is 33.6 Å². The number of carbonyl (C=O) groups is 1. The third-order valence-electron chi connectivity index (χ3n) is 11.3. The molecule has 0 bridgehead atoms. The Morgan fingerprint density at radius 2 is 1.80 bits per heavy atom. The van der Waals surface area contributed by atoms with E-state index in [0.29, 0.717) is 29.1 Å². The zero-order valence-electron chi connectivity index (χ0n) is 30.4. The van der Waals surface area contributed by atoms with Crippen LogP contribution < -0.4 is 20.3 Å². The van der Waals surface area contributed by atoms with E-state index < -0.39 is 11.7 Å². The highest BCUT2D eigenvalue weighted by Gasteiger charge is 2.39. The number of methoxy groups -OCH3 is 1. The molecule has 0 spiro atoms. The first-order valence-corrected chi connectivity index (χ1v) is 18.8. The summed E-state index contributed by atoms with van der Waals surface area (Å²) in [6.45, 7) is 12.3. The number of nitriles is 1. The highest BCUT2D eigenvalue weighted by molar-refractivity contribution is 5.96. The Labute approximate surface area is 300 Å². The van der Waals surface area contributed by atoms with Gasteiger partial charge in [-0.15, -0.1) is 0 Å². The lowest BCUT2D eigenvalue weighted by molar-refractivity contribution is 0.0668. The number of aromatic nitrogens is 4. The van der Waals surface area contributed by atoms with Crippen LogP contribution in [-0.2, 0) is 0 Å². The highest BCUT2D eigenvalue weighted by atomic mass is 19.1. The molecule has 12 nitrogen and oxygen atoms in total. The van der Waals surface area contributed by atoms with Crippen molar-refractivity contribution in [2.24, 2.45) is 5.92 Å². The zero-order valence-corrected chi connectivity index (χ0v) is 30.4. The van der Waals surface area contributed by atoms with Gasteiger partial charge >= 0.3 is 0 Å². The average molecular weight is 699 g/mol. The van der Waals surface area contributed by atoms with Crippen molar-refractivity contribution in [2.45, 2.75) is 103 Å². The molecule has 7 rings (SSSR count). The number of rotatable bonds is 10. The highest BCUT2D eigenvalue weighted by Crippen LogP contribution is 2.44. The number of hydrogen-bond acceptors (Lipinski definition) is 10. The molecule has 0 radical (unpaired) electrons. The van der Waals surface area contributed by atoms with E-state index in [1.807, 2.05) is 4.57 Å². The molecule has 1 atom stereocenters. The molecule has 13 heteroatoms. The lowest BCUT2D eigenvalue weighted by atomic mass is 9.89. The van der Waals surface area contributed by atoms with Crippen LogP contribution in [0.4, 0.5) is 21.8 Å². The van der Waals surface area contributed by atoms with Crippen LogP contribution in [0.3, 0.4) is 0 Å². The van der Waals surface area contributed by atoms with Crippen molar-refractivity contribution in [2.75, 3.05) is 50.1 Å². The normalized spacial score (nSPS) is 22.8. The van der Waals surface area contributed by atoms with Crippen LogP contribution in [0.15, 0.2) is 24.7 Å². The van der Waals surface area contributed by atoms with Crippen molar-refractivity contribution in [3.63, 3.8) is 0 Å². The van der Waals surface area contributed by atoms with Crippen molar-refractivity contribution in [1.29, 1.82) is 5.26 Å². The monoisotopic (exact) mass is 698 g/mol. The van der Waals surface area contributed by atoms with E-state index in [1.54, 1.807) is 12.5 Å². The lowest BCUT2D eigenvalue weighted by Crippen LogP contribution is -2.52. The minimum Gasteiger partial charge on any atom is -0.495 e. The van der Waals surface area contributed by atoms with Crippen molar-refractivity contribution in [3.05, 3.63) is 47.4 Å². The Morgan fingerprint density at radius 3 is 2.47 bits per heavy atom. The van der Waals surface area contributed by atoms with Gasteiger partial charge in [0.15, 0.2) is 11.5 Å². The summed E-state index contributed by atoms with van der Waals surface area (Å²) in [6, 6.07) is 5.76. The summed E-state index contributed by atoms with van der Waals surface area (Å²) in [5.74, 6) is 0.957. The first kappa shape index (κ1) is 35.1. The molecular formula is C38H51FN10O2. The van der Waals surface area contributed by atoms with Gasteiger partial charge in [-0.05, 0) is 56.9 Å². The third-order valence-corrected chi connectivity index (χ3v) is 11.3. The Balaban J connectivity index is 1.04. The van der Waals surface area contributed by atoms with E-state index in [2.05, 4.69) is 62.1 Å². The molecule has 2 aromatic heterocycles. The second kappa shape index (κ2) is 15.1. The van der Waals surface area contributed by atoms with Crippen LogP contribution in [-0.4, -0.2) is 93.2 Å². The van der Waals surface area contributed by atoms with Crippen molar-refractivity contribution >= 4 is 23.4 Å². The lowest BCUT2D eigenvalue weighted by Gasteiger charge is -2.42. The minimum atomic E-state index is -0.646. The number of anilines is 3. The van der Waals surface area contributed by atoms with Crippen molar-refractivity contribution < 1.29 is 13.9 Å².